The van der Waals surface area contributed by atoms with Gasteiger partial charge in [0.05, 0.1) is 41.9 Å². The molecule has 3 aromatic heterocycles. The van der Waals surface area contributed by atoms with E-state index in [4.69, 9.17) is 10.2 Å². The third kappa shape index (κ3) is 3.40. The maximum absolute atomic E-state index is 12.5. The molecule has 27 heavy (non-hydrogen) atoms. The van der Waals surface area contributed by atoms with E-state index in [-0.39, 0.29) is 5.69 Å². The average molecular weight is 360 g/mol. The SMILES string of the molecule is Cn1cc(-c2cnc(C(=O)Nc3cc(-c4ccco4)ccc3N)cn2)cn1. The Balaban J connectivity index is 1.54. The third-order valence-electron chi connectivity index (χ3n) is 3.99. The number of anilines is 2. The van der Waals surface area contributed by atoms with Gasteiger partial charge in [-0.2, -0.15) is 5.10 Å². The van der Waals surface area contributed by atoms with Crippen molar-refractivity contribution in [2.75, 3.05) is 11.1 Å². The van der Waals surface area contributed by atoms with E-state index in [9.17, 15) is 4.79 Å². The number of hydrogen-bond acceptors (Lipinski definition) is 6. The number of nitrogens with one attached hydrogen (secondary N) is 1. The van der Waals surface area contributed by atoms with Crippen molar-refractivity contribution in [3.8, 4) is 22.6 Å². The minimum Gasteiger partial charge on any atom is -0.464 e. The number of furan rings is 1. The van der Waals surface area contributed by atoms with Crippen LogP contribution in [0.1, 0.15) is 10.5 Å². The summed E-state index contributed by atoms with van der Waals surface area (Å²) in [5, 5.41) is 6.86. The van der Waals surface area contributed by atoms with Gasteiger partial charge < -0.3 is 15.5 Å². The number of nitrogens with two attached hydrogens (primary N) is 1. The summed E-state index contributed by atoms with van der Waals surface area (Å²) in [5.41, 5.74) is 9.36. The molecule has 4 aromatic rings. The number of nitrogens with zero attached hydrogens (tertiary/aromatic N) is 4. The van der Waals surface area contributed by atoms with E-state index in [0.717, 1.165) is 11.1 Å². The Morgan fingerprint density at radius 2 is 2.04 bits per heavy atom. The summed E-state index contributed by atoms with van der Waals surface area (Å²) in [5.74, 6) is 0.287. The predicted molar refractivity (Wildman–Crippen MR) is 101 cm³/mol. The number of carbonyl (C=O) groups is 1. The van der Waals surface area contributed by atoms with Gasteiger partial charge in [0.1, 0.15) is 11.5 Å². The van der Waals surface area contributed by atoms with Crippen LogP contribution in [0.4, 0.5) is 11.4 Å². The first kappa shape index (κ1) is 16.5. The monoisotopic (exact) mass is 360 g/mol. The molecular formula is C19H16N6O2. The Hall–Kier alpha value is -3.94. The molecule has 0 saturated carbocycles. The van der Waals surface area contributed by atoms with Crippen molar-refractivity contribution < 1.29 is 9.21 Å². The van der Waals surface area contributed by atoms with Gasteiger partial charge in [-0.1, -0.05) is 0 Å². The minimum absolute atomic E-state index is 0.186. The Morgan fingerprint density at radius 3 is 2.70 bits per heavy atom. The Kier molecular flexibility index (Phi) is 4.13. The number of carbonyl (C=O) groups excluding carboxylic acids is 1. The van der Waals surface area contributed by atoms with Gasteiger partial charge >= 0.3 is 0 Å². The minimum atomic E-state index is -0.400. The van der Waals surface area contributed by atoms with Gasteiger partial charge in [-0.05, 0) is 30.3 Å². The second-order valence-corrected chi connectivity index (χ2v) is 5.92. The molecule has 0 unspecified atom stereocenters. The van der Waals surface area contributed by atoms with Gasteiger partial charge in [-0.25, -0.2) is 4.98 Å². The van der Waals surface area contributed by atoms with Gasteiger partial charge in [0.25, 0.3) is 5.91 Å². The molecule has 0 saturated heterocycles. The van der Waals surface area contributed by atoms with E-state index in [2.05, 4.69) is 20.4 Å². The van der Waals surface area contributed by atoms with Crippen molar-refractivity contribution in [3.05, 3.63) is 67.1 Å². The molecule has 0 aliphatic rings. The zero-order chi connectivity index (χ0) is 18.8. The number of aryl methyl sites for hydroxylation is 1. The Labute approximate surface area is 154 Å². The molecule has 0 spiro atoms. The van der Waals surface area contributed by atoms with E-state index >= 15 is 0 Å². The highest BCUT2D eigenvalue weighted by atomic mass is 16.3. The molecule has 0 aliphatic heterocycles. The highest BCUT2D eigenvalue weighted by Gasteiger charge is 2.13. The summed E-state index contributed by atoms with van der Waals surface area (Å²) in [6, 6.07) is 8.92. The Morgan fingerprint density at radius 1 is 1.15 bits per heavy atom. The molecule has 0 fully saturated rings. The average Bonchev–Trinajstić information content (AvgIpc) is 3.35. The smallest absolute Gasteiger partial charge is 0.275 e. The lowest BCUT2D eigenvalue weighted by Gasteiger charge is -2.09. The quantitative estimate of drug-likeness (QED) is 0.541. The predicted octanol–water partition coefficient (Wildman–Crippen LogP) is 2.97. The fraction of sp³-hybridized carbons (Fsp3) is 0.0526. The summed E-state index contributed by atoms with van der Waals surface area (Å²) < 4.78 is 7.05. The van der Waals surface area contributed by atoms with Crippen LogP contribution in [0, 0.1) is 0 Å². The van der Waals surface area contributed by atoms with Crippen LogP contribution < -0.4 is 11.1 Å². The maximum atomic E-state index is 12.5. The van der Waals surface area contributed by atoms with Crippen LogP contribution in [0.2, 0.25) is 0 Å². The fourth-order valence-electron chi connectivity index (χ4n) is 2.59. The normalized spacial score (nSPS) is 10.7. The molecule has 3 N–H and O–H groups in total. The summed E-state index contributed by atoms with van der Waals surface area (Å²) in [6.45, 7) is 0. The number of aromatic nitrogens is 4. The highest BCUT2D eigenvalue weighted by molar-refractivity contribution is 6.04. The van der Waals surface area contributed by atoms with E-state index in [1.807, 2.05) is 25.4 Å². The van der Waals surface area contributed by atoms with Crippen molar-refractivity contribution in [2.45, 2.75) is 0 Å². The number of nitrogen functional groups attached to an aromatic ring is 1. The molecule has 0 aliphatic carbocycles. The molecule has 3 heterocycles. The van der Waals surface area contributed by atoms with Crippen LogP contribution in [-0.2, 0) is 7.05 Å². The summed E-state index contributed by atoms with van der Waals surface area (Å²) >= 11 is 0. The van der Waals surface area contributed by atoms with Crippen LogP contribution >= 0.6 is 0 Å². The molecule has 0 atom stereocenters. The fourth-order valence-corrected chi connectivity index (χ4v) is 2.59. The number of benzene rings is 1. The van der Waals surface area contributed by atoms with Crippen LogP contribution in [0.15, 0.2) is 65.8 Å². The van der Waals surface area contributed by atoms with E-state index in [1.54, 1.807) is 35.3 Å². The topological polar surface area (TPSA) is 112 Å². The lowest BCUT2D eigenvalue weighted by Crippen LogP contribution is -2.15. The zero-order valence-electron chi connectivity index (χ0n) is 14.5. The van der Waals surface area contributed by atoms with Crippen LogP contribution in [0.3, 0.4) is 0 Å². The van der Waals surface area contributed by atoms with Crippen molar-refractivity contribution >= 4 is 17.3 Å². The van der Waals surface area contributed by atoms with Gasteiger partial charge in [0.2, 0.25) is 0 Å². The molecule has 8 nitrogen and oxygen atoms in total. The molecule has 1 aromatic carbocycles. The van der Waals surface area contributed by atoms with Crippen molar-refractivity contribution in [1.29, 1.82) is 0 Å². The van der Waals surface area contributed by atoms with Crippen LogP contribution in [0.25, 0.3) is 22.6 Å². The first-order valence-corrected chi connectivity index (χ1v) is 8.16. The molecule has 0 bridgehead atoms. The molecule has 0 radical (unpaired) electrons. The molecule has 8 heteroatoms. The summed E-state index contributed by atoms with van der Waals surface area (Å²) in [4.78, 5) is 21.0. The van der Waals surface area contributed by atoms with E-state index < -0.39 is 5.91 Å². The first-order chi connectivity index (χ1) is 13.1. The van der Waals surface area contributed by atoms with E-state index in [0.29, 0.717) is 22.8 Å². The largest absolute Gasteiger partial charge is 0.464 e. The van der Waals surface area contributed by atoms with Gasteiger partial charge in [0, 0.05) is 24.4 Å². The second-order valence-electron chi connectivity index (χ2n) is 5.92. The number of rotatable bonds is 4. The number of amides is 1. The van der Waals surface area contributed by atoms with Crippen molar-refractivity contribution in [1.82, 2.24) is 19.7 Å². The van der Waals surface area contributed by atoms with Crippen LogP contribution in [-0.4, -0.2) is 25.7 Å². The lowest BCUT2D eigenvalue weighted by molar-refractivity contribution is 0.102. The summed E-state index contributed by atoms with van der Waals surface area (Å²) in [6.07, 6.45) is 8.05. The van der Waals surface area contributed by atoms with Crippen molar-refractivity contribution in [2.24, 2.45) is 7.05 Å². The van der Waals surface area contributed by atoms with Gasteiger partial charge in [-0.3, -0.25) is 14.5 Å². The van der Waals surface area contributed by atoms with E-state index in [1.165, 1.54) is 12.4 Å². The Bertz CT molecular complexity index is 1080. The molecular weight excluding hydrogens is 344 g/mol. The molecule has 4 rings (SSSR count). The van der Waals surface area contributed by atoms with Crippen LogP contribution in [0.5, 0.6) is 0 Å². The first-order valence-electron chi connectivity index (χ1n) is 8.16. The van der Waals surface area contributed by atoms with Crippen molar-refractivity contribution in [3.63, 3.8) is 0 Å². The lowest BCUT2D eigenvalue weighted by atomic mass is 10.1. The van der Waals surface area contributed by atoms with Gasteiger partial charge in [-0.15, -0.1) is 0 Å². The molecule has 1 amide bonds. The molecule has 134 valence electrons. The standard InChI is InChI=1S/C19H16N6O2/c1-25-11-13(8-23-25)16-9-22-17(10-21-16)19(26)24-15-7-12(4-5-14(15)20)18-3-2-6-27-18/h2-11H,20H2,1H3,(H,24,26). The summed E-state index contributed by atoms with van der Waals surface area (Å²) in [7, 11) is 1.82. The third-order valence-corrected chi connectivity index (χ3v) is 3.99. The maximum Gasteiger partial charge on any atom is 0.275 e. The number of hydrogen-bond donors (Lipinski definition) is 2. The zero-order valence-corrected chi connectivity index (χ0v) is 14.5. The van der Waals surface area contributed by atoms with Gasteiger partial charge in [0.15, 0.2) is 0 Å². The highest BCUT2D eigenvalue weighted by Crippen LogP contribution is 2.28. The second kappa shape index (κ2) is 6.75.